The molecule has 1 amide bonds. The van der Waals surface area contributed by atoms with Crippen molar-refractivity contribution in [1.29, 1.82) is 0 Å². The second kappa shape index (κ2) is 4.31. The van der Waals surface area contributed by atoms with Crippen molar-refractivity contribution in [3.8, 4) is 11.5 Å². The number of alkyl halides is 2. The smallest absolute Gasteiger partial charge is 0.395 e. The van der Waals surface area contributed by atoms with Gasteiger partial charge in [0.15, 0.2) is 17.5 Å². The zero-order valence-electron chi connectivity index (χ0n) is 11.2. The average molecular weight is 297 g/mol. The van der Waals surface area contributed by atoms with Gasteiger partial charge in [-0.3, -0.25) is 15.1 Å². The molecule has 0 atom stereocenters. The highest BCUT2D eigenvalue weighted by Gasteiger charge is 2.52. The molecule has 3 N–H and O–H groups in total. The number of nitrogens with two attached hydrogens (primary N) is 1. The van der Waals surface area contributed by atoms with Crippen LogP contribution in [0.4, 0.5) is 8.78 Å². The Labute approximate surface area is 118 Å². The molecule has 1 fully saturated rings. The van der Waals surface area contributed by atoms with Crippen LogP contribution >= 0.6 is 0 Å². The van der Waals surface area contributed by atoms with Crippen LogP contribution in [0.5, 0.6) is 11.5 Å². The monoisotopic (exact) mass is 297 g/mol. The molecular formula is C13H13F2N3O3. The molecule has 1 aromatic carbocycles. The molecule has 1 saturated carbocycles. The number of nitrogens with zero attached hydrogens (tertiary/aromatic N) is 1. The van der Waals surface area contributed by atoms with E-state index in [0.717, 1.165) is 0 Å². The van der Waals surface area contributed by atoms with E-state index in [0.29, 0.717) is 18.4 Å². The van der Waals surface area contributed by atoms with Crippen LogP contribution in [0.3, 0.4) is 0 Å². The number of hydrogen-bond acceptors (Lipinski definition) is 4. The lowest BCUT2D eigenvalue weighted by Gasteiger charge is -2.15. The number of halogens is 2. The van der Waals surface area contributed by atoms with E-state index in [9.17, 15) is 13.6 Å². The molecule has 6 nitrogen and oxygen atoms in total. The lowest BCUT2D eigenvalue weighted by atomic mass is 9.94. The molecule has 1 heterocycles. The topological polar surface area (TPSA) is 85.9 Å². The second-order valence-electron chi connectivity index (χ2n) is 4.97. The van der Waals surface area contributed by atoms with Crippen LogP contribution in [0.25, 0.3) is 0 Å². The number of hydrogen-bond donors (Lipinski definition) is 2. The van der Waals surface area contributed by atoms with Crippen molar-refractivity contribution >= 4 is 11.9 Å². The Kier molecular flexibility index (Phi) is 2.79. The predicted molar refractivity (Wildman–Crippen MR) is 69.2 cm³/mol. The molecule has 112 valence electrons. The summed E-state index contributed by atoms with van der Waals surface area (Å²) in [5, 5.41) is 2.48. The highest BCUT2D eigenvalue weighted by atomic mass is 19.3. The van der Waals surface area contributed by atoms with Crippen LogP contribution in [-0.2, 0) is 10.2 Å². The van der Waals surface area contributed by atoms with Gasteiger partial charge in [-0.05, 0) is 30.5 Å². The Hall–Kier alpha value is -2.38. The van der Waals surface area contributed by atoms with Gasteiger partial charge in [-0.2, -0.15) is 0 Å². The molecule has 1 aliphatic heterocycles. The van der Waals surface area contributed by atoms with Gasteiger partial charge in [0, 0.05) is 7.05 Å². The first-order chi connectivity index (χ1) is 9.86. The molecule has 0 saturated heterocycles. The van der Waals surface area contributed by atoms with Gasteiger partial charge in [-0.25, -0.2) is 0 Å². The number of fused-ring (bicyclic) bond motifs is 1. The molecule has 1 aromatic rings. The summed E-state index contributed by atoms with van der Waals surface area (Å²) < 4.78 is 34.7. The predicted octanol–water partition coefficient (Wildman–Crippen LogP) is 1.10. The van der Waals surface area contributed by atoms with E-state index in [4.69, 9.17) is 5.73 Å². The van der Waals surface area contributed by atoms with Gasteiger partial charge >= 0.3 is 6.29 Å². The summed E-state index contributed by atoms with van der Waals surface area (Å²) in [6.07, 6.45) is -2.46. The Balaban J connectivity index is 1.87. The lowest BCUT2D eigenvalue weighted by Crippen LogP contribution is -2.42. The van der Waals surface area contributed by atoms with Gasteiger partial charge < -0.3 is 15.2 Å². The number of guanidine groups is 1. The minimum atomic E-state index is -3.67. The third-order valence-corrected chi connectivity index (χ3v) is 3.62. The van der Waals surface area contributed by atoms with E-state index < -0.39 is 11.7 Å². The van der Waals surface area contributed by atoms with E-state index in [1.807, 2.05) is 0 Å². The van der Waals surface area contributed by atoms with E-state index in [2.05, 4.69) is 19.8 Å². The summed E-state index contributed by atoms with van der Waals surface area (Å²) in [7, 11) is 1.46. The molecule has 1 aliphatic carbocycles. The summed E-state index contributed by atoms with van der Waals surface area (Å²) >= 11 is 0. The molecule has 3 rings (SSSR count). The van der Waals surface area contributed by atoms with Gasteiger partial charge in [0.1, 0.15) is 0 Å². The quantitative estimate of drug-likeness (QED) is 0.632. The van der Waals surface area contributed by atoms with Crippen LogP contribution in [0.2, 0.25) is 0 Å². The summed E-state index contributed by atoms with van der Waals surface area (Å²) in [6, 6.07) is 4.35. The Bertz CT molecular complexity index is 642. The fourth-order valence-electron chi connectivity index (χ4n) is 2.31. The van der Waals surface area contributed by atoms with Gasteiger partial charge in [-0.15, -0.1) is 8.78 Å². The standard InChI is InChI=1S/C13H13F2N3O3/c1-17-11(16)18-10(19)12(4-5-12)7-2-3-8-9(6-7)21-13(14,15)20-8/h2-3,6H,4-5H2,1H3,(H3,16,17,18,19). The van der Waals surface area contributed by atoms with Crippen molar-refractivity contribution in [1.82, 2.24) is 5.32 Å². The minimum Gasteiger partial charge on any atom is -0.395 e. The highest BCUT2D eigenvalue weighted by molar-refractivity contribution is 6.03. The van der Waals surface area contributed by atoms with Gasteiger partial charge in [0.05, 0.1) is 5.41 Å². The number of rotatable bonds is 2. The summed E-state index contributed by atoms with van der Waals surface area (Å²) in [5.74, 6) is -0.418. The highest BCUT2D eigenvalue weighted by Crippen LogP contribution is 2.51. The van der Waals surface area contributed by atoms with Crippen LogP contribution in [0, 0.1) is 0 Å². The summed E-state index contributed by atoms with van der Waals surface area (Å²) in [4.78, 5) is 15.9. The van der Waals surface area contributed by atoms with Crippen molar-refractivity contribution in [2.24, 2.45) is 10.7 Å². The zero-order valence-corrected chi connectivity index (χ0v) is 11.2. The van der Waals surface area contributed by atoms with Gasteiger partial charge in [0.25, 0.3) is 0 Å². The molecule has 2 aliphatic rings. The molecular weight excluding hydrogens is 284 g/mol. The number of nitrogens with one attached hydrogen (secondary N) is 1. The summed E-state index contributed by atoms with van der Waals surface area (Å²) in [5.41, 5.74) is 5.29. The normalized spacial score (nSPS) is 21.0. The molecule has 8 heteroatoms. The number of amides is 1. The largest absolute Gasteiger partial charge is 0.586 e. The maximum Gasteiger partial charge on any atom is 0.586 e. The van der Waals surface area contributed by atoms with Gasteiger partial charge in [0.2, 0.25) is 5.91 Å². The maximum atomic E-state index is 13.0. The van der Waals surface area contributed by atoms with Gasteiger partial charge in [-0.1, -0.05) is 6.07 Å². The molecule has 0 aromatic heterocycles. The van der Waals surface area contributed by atoms with Crippen LogP contribution < -0.4 is 20.5 Å². The Morgan fingerprint density at radius 3 is 2.62 bits per heavy atom. The second-order valence-corrected chi connectivity index (χ2v) is 4.97. The molecule has 0 bridgehead atoms. The number of benzene rings is 1. The molecule has 0 unspecified atom stereocenters. The zero-order chi connectivity index (χ0) is 15.3. The number of aliphatic imine (C=N–C) groups is 1. The first kappa shape index (κ1) is 13.6. The molecule has 21 heavy (non-hydrogen) atoms. The Morgan fingerprint density at radius 2 is 2.00 bits per heavy atom. The third kappa shape index (κ3) is 2.26. The SMILES string of the molecule is CN=C(N)NC(=O)C1(c2ccc3c(c2)OC(F)(F)O3)CC1. The van der Waals surface area contributed by atoms with Crippen LogP contribution in [0.15, 0.2) is 23.2 Å². The average Bonchev–Trinajstić information content (AvgIpc) is 3.16. The molecule has 0 spiro atoms. The van der Waals surface area contributed by atoms with Crippen molar-refractivity contribution in [3.05, 3.63) is 23.8 Å². The summed E-state index contributed by atoms with van der Waals surface area (Å²) in [6.45, 7) is 0. The van der Waals surface area contributed by atoms with Crippen LogP contribution in [0.1, 0.15) is 18.4 Å². The number of ether oxygens (including phenoxy) is 2. The fourth-order valence-corrected chi connectivity index (χ4v) is 2.31. The first-order valence-electron chi connectivity index (χ1n) is 6.30. The number of carbonyl (C=O) groups excluding carboxylic acids is 1. The van der Waals surface area contributed by atoms with E-state index >= 15 is 0 Å². The third-order valence-electron chi connectivity index (χ3n) is 3.62. The maximum absolute atomic E-state index is 13.0. The van der Waals surface area contributed by atoms with Crippen molar-refractivity contribution in [2.45, 2.75) is 24.6 Å². The minimum absolute atomic E-state index is 0.0125. The van der Waals surface area contributed by atoms with E-state index in [1.54, 1.807) is 6.07 Å². The van der Waals surface area contributed by atoms with E-state index in [1.165, 1.54) is 19.2 Å². The lowest BCUT2D eigenvalue weighted by molar-refractivity contribution is -0.286. The molecule has 0 radical (unpaired) electrons. The van der Waals surface area contributed by atoms with Crippen molar-refractivity contribution in [3.63, 3.8) is 0 Å². The van der Waals surface area contributed by atoms with Crippen LogP contribution in [-0.4, -0.2) is 25.2 Å². The van der Waals surface area contributed by atoms with E-state index in [-0.39, 0.29) is 23.4 Å². The van der Waals surface area contributed by atoms with Crippen molar-refractivity contribution < 1.29 is 23.0 Å². The van der Waals surface area contributed by atoms with Crippen molar-refractivity contribution in [2.75, 3.05) is 7.05 Å². The first-order valence-corrected chi connectivity index (χ1v) is 6.30. The Morgan fingerprint density at radius 1 is 1.33 bits per heavy atom. The number of carbonyl (C=O) groups is 1. The fraction of sp³-hybridized carbons (Fsp3) is 0.385.